The van der Waals surface area contributed by atoms with Gasteiger partial charge in [0.05, 0.1) is 12.3 Å². The molecule has 0 bridgehead atoms. The Labute approximate surface area is 116 Å². The first-order chi connectivity index (χ1) is 8.28. The van der Waals surface area contributed by atoms with Crippen LogP contribution in [0.15, 0.2) is 16.5 Å². The molecule has 0 saturated carbocycles. The molecule has 0 aromatic carbocycles. The second-order valence-electron chi connectivity index (χ2n) is 6.23. The van der Waals surface area contributed by atoms with E-state index in [1.54, 1.807) is 0 Å². The van der Waals surface area contributed by atoms with Crippen molar-refractivity contribution in [2.45, 2.75) is 64.6 Å². The highest BCUT2D eigenvalue weighted by molar-refractivity contribution is 7.99. The van der Waals surface area contributed by atoms with E-state index in [1.165, 1.54) is 0 Å². The zero-order valence-electron chi connectivity index (χ0n) is 12.5. The molecule has 2 nitrogen and oxygen atoms in total. The predicted octanol–water partition coefficient (Wildman–Crippen LogP) is 4.45. The zero-order valence-corrected chi connectivity index (χ0v) is 13.4. The number of hydrogen-bond acceptors (Lipinski definition) is 3. The first kappa shape index (κ1) is 15.6. The summed E-state index contributed by atoms with van der Waals surface area (Å²) in [5.41, 5.74) is 0.133. The van der Waals surface area contributed by atoms with Crippen molar-refractivity contribution in [3.63, 3.8) is 0 Å². The Morgan fingerprint density at radius 1 is 1.17 bits per heavy atom. The van der Waals surface area contributed by atoms with Gasteiger partial charge in [-0.3, -0.25) is 0 Å². The van der Waals surface area contributed by atoms with Crippen molar-refractivity contribution in [3.05, 3.63) is 23.7 Å². The average molecular weight is 269 g/mol. The van der Waals surface area contributed by atoms with Gasteiger partial charge in [0.1, 0.15) is 11.5 Å². The maximum Gasteiger partial charge on any atom is 0.118 e. The molecular formula is C15H27NOS. The van der Waals surface area contributed by atoms with Crippen molar-refractivity contribution in [1.29, 1.82) is 0 Å². The van der Waals surface area contributed by atoms with E-state index in [0.29, 0.717) is 11.2 Å². The molecule has 0 aliphatic carbocycles. The molecule has 0 radical (unpaired) electrons. The highest BCUT2D eigenvalue weighted by Crippen LogP contribution is 2.24. The lowest BCUT2D eigenvalue weighted by Crippen LogP contribution is -2.34. The molecule has 1 atom stereocenters. The molecule has 1 N–H and O–H groups in total. The lowest BCUT2D eigenvalue weighted by molar-refractivity contribution is 0.382. The molecule has 1 unspecified atom stereocenters. The van der Waals surface area contributed by atoms with Gasteiger partial charge in [-0.2, -0.15) is 11.8 Å². The number of nitrogens with one attached hydrogen (secondary N) is 1. The normalized spacial score (nSPS) is 14.2. The van der Waals surface area contributed by atoms with Crippen LogP contribution in [0.5, 0.6) is 0 Å². The van der Waals surface area contributed by atoms with E-state index in [4.69, 9.17) is 4.42 Å². The van der Waals surface area contributed by atoms with Crippen molar-refractivity contribution in [3.8, 4) is 0 Å². The quantitative estimate of drug-likeness (QED) is 0.826. The van der Waals surface area contributed by atoms with Gasteiger partial charge in [0.25, 0.3) is 0 Å². The Kier molecular flexibility index (Phi) is 5.80. The molecule has 0 saturated heterocycles. The van der Waals surface area contributed by atoms with Crippen LogP contribution in [0.1, 0.15) is 53.1 Å². The minimum atomic E-state index is 0.133. The molecule has 1 rings (SSSR count). The third kappa shape index (κ3) is 5.96. The van der Waals surface area contributed by atoms with E-state index in [1.807, 2.05) is 11.8 Å². The highest BCUT2D eigenvalue weighted by Gasteiger charge is 2.12. The third-order valence-electron chi connectivity index (χ3n) is 2.94. The number of thioether (sulfide) groups is 1. The van der Waals surface area contributed by atoms with E-state index >= 15 is 0 Å². The van der Waals surface area contributed by atoms with Crippen LogP contribution in [-0.4, -0.2) is 10.8 Å². The highest BCUT2D eigenvalue weighted by atomic mass is 32.2. The van der Waals surface area contributed by atoms with Gasteiger partial charge in [-0.05, 0) is 38.8 Å². The van der Waals surface area contributed by atoms with E-state index in [0.717, 1.165) is 23.8 Å². The summed E-state index contributed by atoms with van der Waals surface area (Å²) in [5, 5.41) is 4.11. The van der Waals surface area contributed by atoms with Crippen LogP contribution in [-0.2, 0) is 12.3 Å². The van der Waals surface area contributed by atoms with Crippen molar-refractivity contribution in [2.75, 3.05) is 0 Å². The molecule has 1 aromatic rings. The van der Waals surface area contributed by atoms with Crippen LogP contribution in [0.25, 0.3) is 0 Å². The summed E-state index contributed by atoms with van der Waals surface area (Å²) in [6.07, 6.45) is 0. The Hall–Kier alpha value is -0.410. The summed E-state index contributed by atoms with van der Waals surface area (Å²) in [6, 6.07) is 4.17. The fourth-order valence-electron chi connectivity index (χ4n) is 1.35. The predicted molar refractivity (Wildman–Crippen MR) is 80.9 cm³/mol. The Balaban J connectivity index is 2.39. The molecule has 1 heterocycles. The van der Waals surface area contributed by atoms with E-state index < -0.39 is 0 Å². The molecule has 18 heavy (non-hydrogen) atoms. The molecule has 0 aliphatic rings. The summed E-state index contributed by atoms with van der Waals surface area (Å²) < 4.78 is 5.83. The van der Waals surface area contributed by atoms with Gasteiger partial charge in [0.2, 0.25) is 0 Å². The lowest BCUT2D eigenvalue weighted by atomic mass is 10.1. The minimum absolute atomic E-state index is 0.133. The molecule has 0 amide bonds. The van der Waals surface area contributed by atoms with E-state index in [-0.39, 0.29) is 5.54 Å². The van der Waals surface area contributed by atoms with Gasteiger partial charge in [-0.1, -0.05) is 20.8 Å². The van der Waals surface area contributed by atoms with E-state index in [2.05, 4.69) is 59.0 Å². The summed E-state index contributed by atoms with van der Waals surface area (Å²) in [4.78, 5) is 0. The van der Waals surface area contributed by atoms with Crippen LogP contribution in [0.2, 0.25) is 0 Å². The van der Waals surface area contributed by atoms with Crippen molar-refractivity contribution >= 4 is 11.8 Å². The first-order valence-electron chi connectivity index (χ1n) is 6.72. The van der Waals surface area contributed by atoms with Crippen LogP contribution in [0.3, 0.4) is 0 Å². The maximum absolute atomic E-state index is 5.83. The van der Waals surface area contributed by atoms with Crippen molar-refractivity contribution < 1.29 is 4.42 Å². The zero-order chi connectivity index (χ0) is 13.8. The topological polar surface area (TPSA) is 25.2 Å². The summed E-state index contributed by atoms with van der Waals surface area (Å²) in [6.45, 7) is 14.1. The van der Waals surface area contributed by atoms with Crippen LogP contribution >= 0.6 is 11.8 Å². The largest absolute Gasteiger partial charge is 0.464 e. The number of furan rings is 1. The Morgan fingerprint density at radius 2 is 1.78 bits per heavy atom. The minimum Gasteiger partial charge on any atom is -0.464 e. The molecule has 0 fully saturated rings. The summed E-state index contributed by atoms with van der Waals surface area (Å²) in [7, 11) is 0. The Bertz CT molecular complexity index is 352. The van der Waals surface area contributed by atoms with Gasteiger partial charge >= 0.3 is 0 Å². The van der Waals surface area contributed by atoms with Crippen molar-refractivity contribution in [1.82, 2.24) is 5.32 Å². The maximum atomic E-state index is 5.83. The second-order valence-corrected chi connectivity index (χ2v) is 7.60. The SMILES string of the molecule is CC(C)C(C)SCc1ccc(CNC(C)(C)C)o1. The number of hydrogen-bond donors (Lipinski definition) is 1. The van der Waals surface area contributed by atoms with Gasteiger partial charge < -0.3 is 9.73 Å². The fourth-order valence-corrected chi connectivity index (χ4v) is 2.32. The van der Waals surface area contributed by atoms with E-state index in [9.17, 15) is 0 Å². The van der Waals surface area contributed by atoms with Crippen molar-refractivity contribution in [2.24, 2.45) is 5.92 Å². The van der Waals surface area contributed by atoms with Crippen LogP contribution < -0.4 is 5.32 Å². The van der Waals surface area contributed by atoms with Gasteiger partial charge in [-0.15, -0.1) is 0 Å². The fraction of sp³-hybridized carbons (Fsp3) is 0.733. The monoisotopic (exact) mass is 269 g/mol. The van der Waals surface area contributed by atoms with Crippen LogP contribution in [0, 0.1) is 5.92 Å². The average Bonchev–Trinajstić information content (AvgIpc) is 2.70. The summed E-state index contributed by atoms with van der Waals surface area (Å²) >= 11 is 1.96. The number of rotatable bonds is 6. The third-order valence-corrected chi connectivity index (χ3v) is 4.46. The van der Waals surface area contributed by atoms with Crippen LogP contribution in [0.4, 0.5) is 0 Å². The molecule has 0 aliphatic heterocycles. The molecule has 104 valence electrons. The van der Waals surface area contributed by atoms with Gasteiger partial charge in [0, 0.05) is 10.8 Å². The second kappa shape index (κ2) is 6.67. The molecule has 1 aromatic heterocycles. The van der Waals surface area contributed by atoms with Gasteiger partial charge in [0.15, 0.2) is 0 Å². The Morgan fingerprint density at radius 3 is 2.33 bits per heavy atom. The molecule has 0 spiro atoms. The molecular weight excluding hydrogens is 242 g/mol. The molecule has 3 heteroatoms. The lowest BCUT2D eigenvalue weighted by Gasteiger charge is -2.19. The standard InChI is InChI=1S/C15H27NOS/c1-11(2)12(3)18-10-14-8-7-13(17-14)9-16-15(4,5)6/h7-8,11-12,16H,9-10H2,1-6H3. The summed E-state index contributed by atoms with van der Waals surface area (Å²) in [5.74, 6) is 3.79. The first-order valence-corrected chi connectivity index (χ1v) is 7.77. The smallest absolute Gasteiger partial charge is 0.118 e. The van der Waals surface area contributed by atoms with Gasteiger partial charge in [-0.25, -0.2) is 0 Å².